The molecule has 2 atom stereocenters. The molecule has 0 aliphatic carbocycles. The lowest BCUT2D eigenvalue weighted by molar-refractivity contribution is 0.182. The van der Waals surface area contributed by atoms with Crippen molar-refractivity contribution in [2.24, 2.45) is 0 Å². The van der Waals surface area contributed by atoms with Gasteiger partial charge in [-0.15, -0.1) is 0 Å². The molecule has 0 bridgehead atoms. The quantitative estimate of drug-likeness (QED) is 0.819. The monoisotopic (exact) mass is 205 g/mol. The van der Waals surface area contributed by atoms with Crippen molar-refractivity contribution in [3.63, 3.8) is 0 Å². The first kappa shape index (κ1) is 10.5. The van der Waals surface area contributed by atoms with Crippen LogP contribution in [0.25, 0.3) is 0 Å². The van der Waals surface area contributed by atoms with Crippen LogP contribution in [0.15, 0.2) is 18.2 Å². The summed E-state index contributed by atoms with van der Waals surface area (Å²) in [5.74, 6) is 1.06. The molecule has 1 heterocycles. The maximum absolute atomic E-state index is 5.97. The molecule has 1 aromatic rings. The van der Waals surface area contributed by atoms with Crippen molar-refractivity contribution in [3.05, 3.63) is 29.3 Å². The molecule has 2 rings (SSSR count). The topological polar surface area (TPSA) is 21.3 Å². The number of hydrogen-bond acceptors (Lipinski definition) is 2. The van der Waals surface area contributed by atoms with Crippen molar-refractivity contribution >= 4 is 0 Å². The number of hydrogen-bond donors (Lipinski definition) is 1. The van der Waals surface area contributed by atoms with Gasteiger partial charge in [0.2, 0.25) is 0 Å². The van der Waals surface area contributed by atoms with Gasteiger partial charge in [0.25, 0.3) is 0 Å². The van der Waals surface area contributed by atoms with E-state index in [1.165, 1.54) is 11.1 Å². The van der Waals surface area contributed by atoms with Crippen LogP contribution in [0.1, 0.15) is 36.9 Å². The normalized spacial score (nSPS) is 23.7. The van der Waals surface area contributed by atoms with Crippen LogP contribution in [0.5, 0.6) is 5.75 Å². The number of aryl methyl sites for hydroxylation is 1. The summed E-state index contributed by atoms with van der Waals surface area (Å²) in [5, 5.41) is 3.35. The van der Waals surface area contributed by atoms with Crippen LogP contribution < -0.4 is 10.1 Å². The molecule has 0 fully saturated rings. The van der Waals surface area contributed by atoms with Gasteiger partial charge < -0.3 is 10.1 Å². The second kappa shape index (κ2) is 4.23. The molecular weight excluding hydrogens is 186 g/mol. The lowest BCUT2D eigenvalue weighted by Gasteiger charge is -2.17. The Bertz CT molecular complexity index is 348. The van der Waals surface area contributed by atoms with Gasteiger partial charge in [0.1, 0.15) is 11.9 Å². The Labute approximate surface area is 91.6 Å². The number of nitrogens with one attached hydrogen (secondary N) is 1. The second-order valence-corrected chi connectivity index (χ2v) is 4.25. The van der Waals surface area contributed by atoms with E-state index in [0.29, 0.717) is 12.1 Å². The van der Waals surface area contributed by atoms with Gasteiger partial charge in [0, 0.05) is 5.56 Å². The molecule has 0 spiro atoms. The van der Waals surface area contributed by atoms with Crippen LogP contribution >= 0.6 is 0 Å². The van der Waals surface area contributed by atoms with Gasteiger partial charge in [-0.25, -0.2) is 0 Å². The van der Waals surface area contributed by atoms with Crippen molar-refractivity contribution in [3.8, 4) is 5.75 Å². The maximum atomic E-state index is 5.97. The minimum absolute atomic E-state index is 0.303. The molecule has 2 heteroatoms. The summed E-state index contributed by atoms with van der Waals surface area (Å²) in [4.78, 5) is 0. The minimum Gasteiger partial charge on any atom is -0.488 e. The van der Waals surface area contributed by atoms with Crippen LogP contribution in [0.3, 0.4) is 0 Å². The summed E-state index contributed by atoms with van der Waals surface area (Å²) in [5.41, 5.74) is 2.57. The smallest absolute Gasteiger partial charge is 0.125 e. The molecule has 0 amide bonds. The Balaban J connectivity index is 2.28. The highest BCUT2D eigenvalue weighted by molar-refractivity contribution is 5.43. The molecule has 0 aromatic heterocycles. The van der Waals surface area contributed by atoms with E-state index in [9.17, 15) is 0 Å². The van der Waals surface area contributed by atoms with Gasteiger partial charge in [-0.1, -0.05) is 25.5 Å². The molecule has 0 radical (unpaired) electrons. The van der Waals surface area contributed by atoms with E-state index in [-0.39, 0.29) is 0 Å². The Kier molecular flexibility index (Phi) is 2.96. The summed E-state index contributed by atoms with van der Waals surface area (Å²) in [6.07, 6.45) is 2.58. The first-order chi connectivity index (χ1) is 7.26. The van der Waals surface area contributed by atoms with E-state index in [1.807, 2.05) is 7.05 Å². The summed E-state index contributed by atoms with van der Waals surface area (Å²) >= 11 is 0. The van der Waals surface area contributed by atoms with Gasteiger partial charge in [-0.05, 0) is 32.0 Å². The minimum atomic E-state index is 0.303. The molecule has 0 saturated carbocycles. The average molecular weight is 205 g/mol. The number of fused-ring (bicyclic) bond motifs is 1. The third-order valence-corrected chi connectivity index (χ3v) is 3.04. The molecular formula is C13H19NO. The van der Waals surface area contributed by atoms with E-state index in [4.69, 9.17) is 4.74 Å². The highest BCUT2D eigenvalue weighted by Gasteiger charge is 2.32. The Morgan fingerprint density at radius 2 is 2.20 bits per heavy atom. The molecule has 2 nitrogen and oxygen atoms in total. The van der Waals surface area contributed by atoms with Crippen LogP contribution in [0.4, 0.5) is 0 Å². The van der Waals surface area contributed by atoms with Gasteiger partial charge in [0.15, 0.2) is 0 Å². The summed E-state index contributed by atoms with van der Waals surface area (Å²) < 4.78 is 5.97. The van der Waals surface area contributed by atoms with Gasteiger partial charge >= 0.3 is 0 Å². The zero-order valence-electron chi connectivity index (χ0n) is 9.71. The first-order valence-corrected chi connectivity index (χ1v) is 5.70. The third-order valence-electron chi connectivity index (χ3n) is 3.04. The number of likely N-dealkylation sites (N-methyl/N-ethyl adjacent to an activating group) is 1. The first-order valence-electron chi connectivity index (χ1n) is 5.70. The second-order valence-electron chi connectivity index (χ2n) is 4.25. The fraction of sp³-hybridized carbons (Fsp3) is 0.538. The standard InChI is InChI=1S/C13H19NO/c1-4-5-11-13(14-3)10-7-6-9(2)8-12(10)15-11/h6-8,11,13-14H,4-5H2,1-3H3. The van der Waals surface area contributed by atoms with Gasteiger partial charge in [0.05, 0.1) is 6.04 Å². The summed E-state index contributed by atoms with van der Waals surface area (Å²) in [6.45, 7) is 4.30. The van der Waals surface area contributed by atoms with Crippen LogP contribution in [0.2, 0.25) is 0 Å². The van der Waals surface area contributed by atoms with Crippen LogP contribution in [-0.2, 0) is 0 Å². The van der Waals surface area contributed by atoms with E-state index < -0.39 is 0 Å². The largest absolute Gasteiger partial charge is 0.488 e. The Morgan fingerprint density at radius 1 is 1.40 bits per heavy atom. The lowest BCUT2D eigenvalue weighted by atomic mass is 10.00. The predicted molar refractivity (Wildman–Crippen MR) is 62.3 cm³/mol. The molecule has 15 heavy (non-hydrogen) atoms. The highest BCUT2D eigenvalue weighted by Crippen LogP contribution is 2.38. The zero-order chi connectivity index (χ0) is 10.8. The maximum Gasteiger partial charge on any atom is 0.125 e. The van der Waals surface area contributed by atoms with Gasteiger partial charge in [-0.3, -0.25) is 0 Å². The summed E-state index contributed by atoms with van der Waals surface area (Å²) in [6, 6.07) is 6.83. The molecule has 2 unspecified atom stereocenters. The van der Waals surface area contributed by atoms with Gasteiger partial charge in [-0.2, -0.15) is 0 Å². The van der Waals surface area contributed by atoms with E-state index in [1.54, 1.807) is 0 Å². The third kappa shape index (κ3) is 1.86. The Morgan fingerprint density at radius 3 is 2.87 bits per heavy atom. The number of benzene rings is 1. The highest BCUT2D eigenvalue weighted by atomic mass is 16.5. The fourth-order valence-electron chi connectivity index (χ4n) is 2.28. The van der Waals surface area contributed by atoms with Crippen LogP contribution in [0, 0.1) is 6.92 Å². The fourth-order valence-corrected chi connectivity index (χ4v) is 2.28. The van der Waals surface area contributed by atoms with Crippen molar-refractivity contribution < 1.29 is 4.74 Å². The lowest BCUT2D eigenvalue weighted by Crippen LogP contribution is -2.28. The number of rotatable bonds is 3. The Hall–Kier alpha value is -1.02. The van der Waals surface area contributed by atoms with E-state index >= 15 is 0 Å². The van der Waals surface area contributed by atoms with E-state index in [0.717, 1.165) is 18.6 Å². The van der Waals surface area contributed by atoms with Crippen molar-refractivity contribution in [2.75, 3.05) is 7.05 Å². The summed E-state index contributed by atoms with van der Waals surface area (Å²) in [7, 11) is 2.01. The van der Waals surface area contributed by atoms with Crippen molar-refractivity contribution in [1.82, 2.24) is 5.32 Å². The number of ether oxygens (including phenoxy) is 1. The SMILES string of the molecule is CCCC1Oc2cc(C)ccc2C1NC. The van der Waals surface area contributed by atoms with E-state index in [2.05, 4.69) is 37.4 Å². The molecule has 1 N–H and O–H groups in total. The van der Waals surface area contributed by atoms with Crippen molar-refractivity contribution in [2.45, 2.75) is 38.8 Å². The zero-order valence-corrected chi connectivity index (χ0v) is 9.71. The molecule has 1 aromatic carbocycles. The van der Waals surface area contributed by atoms with Crippen molar-refractivity contribution in [1.29, 1.82) is 0 Å². The molecule has 0 saturated heterocycles. The molecule has 1 aliphatic rings. The molecule has 82 valence electrons. The van der Waals surface area contributed by atoms with Crippen LogP contribution in [-0.4, -0.2) is 13.2 Å². The average Bonchev–Trinajstić information content (AvgIpc) is 2.54. The predicted octanol–water partition coefficient (Wildman–Crippen LogP) is 2.82. The molecule has 1 aliphatic heterocycles.